The lowest BCUT2D eigenvalue weighted by Gasteiger charge is -2.49. The van der Waals surface area contributed by atoms with E-state index in [2.05, 4.69) is 21.5 Å². The molecule has 2 aliphatic rings. The highest BCUT2D eigenvalue weighted by atomic mass is 32.2. The van der Waals surface area contributed by atoms with E-state index in [1.165, 1.54) is 23.8 Å². The predicted octanol–water partition coefficient (Wildman–Crippen LogP) is -0.0735. The first-order valence-electron chi connectivity index (χ1n) is 10.8. The van der Waals surface area contributed by atoms with Crippen LogP contribution in [0.25, 0.3) is 5.52 Å². The zero-order valence-corrected chi connectivity index (χ0v) is 20.8. The maximum atomic E-state index is 13.0. The number of carbonyl (C=O) groups excluding carboxylic acids is 2. The molecule has 15 heteroatoms. The molecule has 0 aromatic carbocycles. The summed E-state index contributed by atoms with van der Waals surface area (Å²) in [6.07, 6.45) is 5.26. The number of nitrogen functional groups attached to an aromatic ring is 1. The standard InChI is InChI=1S/C22H18N8O5S2/c1-35-27-15(14-10-37-22(24)25-14)18(31)26-16-19(32)30-17(21(33)34)11(9-36-20(16)30)7-28-4-5-29-12(6-23)2-3-13(29)8-28/h2-5,8,10,16,20H,7,9H2,1H3,(H3-,24,25,26,31,33,34)/p+1/b27-15-/t16-,20+/m1/s1. The van der Waals surface area contributed by atoms with Crippen LogP contribution in [-0.2, 0) is 25.8 Å². The lowest BCUT2D eigenvalue weighted by Crippen LogP contribution is -2.71. The van der Waals surface area contributed by atoms with Crippen LogP contribution in [0.1, 0.15) is 11.4 Å². The summed E-state index contributed by atoms with van der Waals surface area (Å²) in [5, 5.41) is 26.7. The van der Waals surface area contributed by atoms with Crippen molar-refractivity contribution in [1.29, 1.82) is 5.26 Å². The van der Waals surface area contributed by atoms with Crippen LogP contribution in [0.15, 0.2) is 52.5 Å². The number of amides is 2. The van der Waals surface area contributed by atoms with E-state index < -0.39 is 29.2 Å². The van der Waals surface area contributed by atoms with Crippen molar-refractivity contribution in [3.05, 3.63) is 58.8 Å². The maximum Gasteiger partial charge on any atom is 0.352 e. The number of fused-ring (bicyclic) bond motifs is 2. The average Bonchev–Trinajstić information content (AvgIpc) is 3.50. The molecule has 0 aliphatic carbocycles. The summed E-state index contributed by atoms with van der Waals surface area (Å²) < 4.78 is 3.52. The van der Waals surface area contributed by atoms with Gasteiger partial charge in [0.25, 0.3) is 11.8 Å². The second-order valence-corrected chi connectivity index (χ2v) is 10.0. The van der Waals surface area contributed by atoms with Gasteiger partial charge < -0.3 is 21.0 Å². The third kappa shape index (κ3) is 4.26. The monoisotopic (exact) mass is 539 g/mol. The molecule has 1 fully saturated rings. The van der Waals surface area contributed by atoms with Crippen molar-refractivity contribution in [2.45, 2.75) is 18.0 Å². The number of rotatable bonds is 7. The van der Waals surface area contributed by atoms with E-state index in [9.17, 15) is 24.8 Å². The molecule has 5 rings (SSSR count). The summed E-state index contributed by atoms with van der Waals surface area (Å²) in [7, 11) is 1.27. The first kappa shape index (κ1) is 24.3. The molecule has 0 saturated carbocycles. The molecule has 2 amide bonds. The Bertz CT molecular complexity index is 1550. The topological polar surface area (TPSA) is 179 Å². The van der Waals surface area contributed by atoms with Gasteiger partial charge in [0.1, 0.15) is 47.2 Å². The summed E-state index contributed by atoms with van der Waals surface area (Å²) >= 11 is 2.48. The van der Waals surface area contributed by atoms with Crippen LogP contribution in [-0.4, -0.2) is 67.2 Å². The molecule has 0 spiro atoms. The number of hydrogen-bond donors (Lipinski definition) is 3. The Labute approximate surface area is 217 Å². The lowest BCUT2D eigenvalue weighted by atomic mass is 10.0. The second kappa shape index (κ2) is 9.56. The number of β-lactam (4-membered cyclic amide) rings is 1. The van der Waals surface area contributed by atoms with E-state index in [0.717, 1.165) is 16.9 Å². The molecule has 2 aliphatic heterocycles. The van der Waals surface area contributed by atoms with Crippen LogP contribution < -0.4 is 15.6 Å². The number of thiazole rings is 1. The number of carboxylic acid groups (broad SMARTS) is 1. The van der Waals surface area contributed by atoms with Gasteiger partial charge in [0.2, 0.25) is 0 Å². The van der Waals surface area contributed by atoms with Crippen LogP contribution in [0.4, 0.5) is 5.13 Å². The number of hydrogen-bond acceptors (Lipinski definition) is 10. The van der Waals surface area contributed by atoms with Gasteiger partial charge in [-0.1, -0.05) is 5.16 Å². The molecule has 4 N–H and O–H groups in total. The Morgan fingerprint density at radius 3 is 2.95 bits per heavy atom. The van der Waals surface area contributed by atoms with Crippen LogP contribution in [0.3, 0.4) is 0 Å². The molecule has 3 aromatic rings. The number of nitrogens with two attached hydrogens (primary N) is 1. The molecule has 0 bridgehead atoms. The predicted molar refractivity (Wildman–Crippen MR) is 132 cm³/mol. The van der Waals surface area contributed by atoms with Crippen molar-refractivity contribution in [2.24, 2.45) is 5.16 Å². The molecule has 1 saturated heterocycles. The van der Waals surface area contributed by atoms with E-state index in [4.69, 9.17) is 10.6 Å². The smallest absolute Gasteiger partial charge is 0.352 e. The highest BCUT2D eigenvalue weighted by molar-refractivity contribution is 8.00. The zero-order chi connectivity index (χ0) is 26.3. The van der Waals surface area contributed by atoms with E-state index >= 15 is 0 Å². The molecule has 3 aromatic heterocycles. The molecular weight excluding hydrogens is 520 g/mol. The molecule has 0 unspecified atom stereocenters. The highest BCUT2D eigenvalue weighted by Crippen LogP contribution is 2.40. The number of carbonyl (C=O) groups is 3. The molecule has 37 heavy (non-hydrogen) atoms. The van der Waals surface area contributed by atoms with Crippen molar-refractivity contribution in [3.8, 4) is 6.07 Å². The van der Waals surface area contributed by atoms with Crippen molar-refractivity contribution >= 4 is 57.2 Å². The molecule has 188 valence electrons. The number of oxime groups is 1. The Kier molecular flexibility index (Phi) is 6.27. The van der Waals surface area contributed by atoms with Crippen molar-refractivity contribution in [3.63, 3.8) is 0 Å². The van der Waals surface area contributed by atoms with Crippen molar-refractivity contribution < 1.29 is 28.9 Å². The Morgan fingerprint density at radius 2 is 2.27 bits per heavy atom. The minimum absolute atomic E-state index is 0.0993. The number of aliphatic carboxylic acids is 1. The summed E-state index contributed by atoms with van der Waals surface area (Å²) in [6, 6.07) is 4.65. The number of thioether (sulfide) groups is 1. The third-order valence-electron chi connectivity index (χ3n) is 5.84. The van der Waals surface area contributed by atoms with E-state index in [1.807, 2.05) is 0 Å². The second-order valence-electron chi connectivity index (χ2n) is 8.04. The first-order valence-corrected chi connectivity index (χ1v) is 12.7. The van der Waals surface area contributed by atoms with E-state index in [1.54, 1.807) is 45.1 Å². The van der Waals surface area contributed by atoms with E-state index in [0.29, 0.717) is 17.0 Å². The van der Waals surface area contributed by atoms with Crippen LogP contribution >= 0.6 is 23.1 Å². The summed E-state index contributed by atoms with van der Waals surface area (Å²) in [6.45, 7) is 0.238. The summed E-state index contributed by atoms with van der Waals surface area (Å²) in [5.41, 5.74) is 7.41. The van der Waals surface area contributed by atoms with Crippen molar-refractivity contribution in [2.75, 3.05) is 18.6 Å². The number of nitriles is 1. The highest BCUT2D eigenvalue weighted by Gasteiger charge is 2.54. The van der Waals surface area contributed by atoms with Gasteiger partial charge in [0, 0.05) is 16.7 Å². The number of anilines is 1. The Hall–Kier alpha value is -4.42. The average molecular weight is 540 g/mol. The normalized spacial score (nSPS) is 19.3. The van der Waals surface area contributed by atoms with Gasteiger partial charge in [-0.3, -0.25) is 18.9 Å². The Morgan fingerprint density at radius 1 is 1.46 bits per heavy atom. The third-order valence-corrected chi connectivity index (χ3v) is 7.86. The summed E-state index contributed by atoms with van der Waals surface area (Å²) in [5.74, 6) is -2.12. The van der Waals surface area contributed by atoms with E-state index in [-0.39, 0.29) is 28.8 Å². The molecule has 5 heterocycles. The first-order chi connectivity index (χ1) is 17.8. The van der Waals surface area contributed by atoms with Crippen molar-refractivity contribution in [1.82, 2.24) is 19.6 Å². The maximum absolute atomic E-state index is 13.0. The van der Waals surface area contributed by atoms with Gasteiger partial charge in [-0.05, 0) is 12.1 Å². The van der Waals surface area contributed by atoms with Gasteiger partial charge in [-0.15, -0.1) is 23.1 Å². The number of nitrogens with one attached hydrogen (secondary N) is 1. The van der Waals surface area contributed by atoms with Crippen LogP contribution in [0.2, 0.25) is 0 Å². The quantitative estimate of drug-likeness (QED) is 0.160. The summed E-state index contributed by atoms with van der Waals surface area (Å²) in [4.78, 5) is 48.1. The largest absolute Gasteiger partial charge is 0.477 e. The van der Waals surface area contributed by atoms with Gasteiger partial charge in [0.15, 0.2) is 29.8 Å². The Balaban J connectivity index is 1.36. The van der Waals surface area contributed by atoms with Gasteiger partial charge in [-0.2, -0.15) is 9.83 Å². The van der Waals surface area contributed by atoms with Crippen LogP contribution in [0.5, 0.6) is 0 Å². The minimum atomic E-state index is -1.23. The number of aromatic nitrogens is 3. The van der Waals surface area contributed by atoms with Crippen LogP contribution in [0, 0.1) is 11.3 Å². The fourth-order valence-electron chi connectivity index (χ4n) is 4.22. The molecule has 0 radical (unpaired) electrons. The zero-order valence-electron chi connectivity index (χ0n) is 19.2. The lowest BCUT2D eigenvalue weighted by molar-refractivity contribution is -0.688. The molecule has 13 nitrogen and oxygen atoms in total. The molecular formula is C22H19N8O5S2+. The SMILES string of the molecule is CO/N=C(\C(=O)N[C@@H]1C(=O)N2C(C(=O)O)=C(C[n+]3ccn4c(C#N)ccc4c3)CS[C@@H]12)c1csc(N)n1. The minimum Gasteiger partial charge on any atom is -0.477 e. The molecule has 2 atom stereocenters. The van der Waals surface area contributed by atoms with Gasteiger partial charge in [-0.25, -0.2) is 9.78 Å². The van der Waals surface area contributed by atoms with Gasteiger partial charge in [0.05, 0.1) is 6.20 Å². The fourth-order valence-corrected chi connectivity index (χ4v) is 6.10. The number of carboxylic acids is 1. The number of nitrogens with zero attached hydrogens (tertiary/aromatic N) is 6. The fraction of sp³-hybridized carbons (Fsp3) is 0.227. The van der Waals surface area contributed by atoms with Gasteiger partial charge >= 0.3 is 5.97 Å².